The topological polar surface area (TPSA) is 231 Å². The van der Waals surface area contributed by atoms with E-state index in [0.717, 1.165) is 21.6 Å². The minimum atomic E-state index is -1.12. The molecular weight excluding hydrogens is 923 g/mol. The number of nitrogens with zero attached hydrogens (tertiary/aromatic N) is 5. The minimum Gasteiger partial charge on any atom is -0.483 e. The fraction of sp³-hybridized carbons (Fsp3) is 0.340. The molecule has 3 aliphatic heterocycles. The summed E-state index contributed by atoms with van der Waals surface area (Å²) in [5.41, 5.74) is 5.09. The molecule has 72 heavy (non-hydrogen) atoms. The first-order valence-corrected chi connectivity index (χ1v) is 23.8. The Morgan fingerprint density at radius 2 is 1.51 bits per heavy atom. The molecule has 374 valence electrons. The van der Waals surface area contributed by atoms with Crippen molar-refractivity contribution in [3.05, 3.63) is 135 Å². The highest BCUT2D eigenvalue weighted by Gasteiger charge is 2.46. The number of benzene rings is 4. The zero-order chi connectivity index (χ0) is 51.3. The first-order chi connectivity index (χ1) is 34.5. The number of anilines is 3. The maximum Gasteiger partial charge on any atom is 0.293 e. The lowest BCUT2D eigenvalue weighted by Gasteiger charge is -2.34. The lowest BCUT2D eigenvalue weighted by molar-refractivity contribution is -0.136. The third-order valence-corrected chi connectivity index (χ3v) is 12.9. The number of carbonyl (C=O) groups is 7. The molecule has 1 unspecified atom stereocenters. The Morgan fingerprint density at radius 1 is 0.819 bits per heavy atom. The summed E-state index contributed by atoms with van der Waals surface area (Å²) in [7, 11) is 1.65. The monoisotopic (exact) mass is 979 g/mol. The molecule has 8 rings (SSSR count). The zero-order valence-corrected chi connectivity index (χ0v) is 40.8. The molecule has 3 aliphatic rings. The van der Waals surface area contributed by atoms with Crippen LogP contribution in [0.2, 0.25) is 0 Å². The van der Waals surface area contributed by atoms with Crippen molar-refractivity contribution in [2.45, 2.75) is 52.0 Å². The smallest absolute Gasteiger partial charge is 0.293 e. The second kappa shape index (κ2) is 21.5. The number of ether oxygens (including phenoxy) is 2. The van der Waals surface area contributed by atoms with Gasteiger partial charge in [0.25, 0.3) is 35.1 Å². The van der Waals surface area contributed by atoms with Gasteiger partial charge in [-0.3, -0.25) is 53.5 Å². The second-order valence-electron chi connectivity index (χ2n) is 18.9. The van der Waals surface area contributed by atoms with Gasteiger partial charge in [0.1, 0.15) is 11.8 Å². The van der Waals surface area contributed by atoms with Crippen LogP contribution in [0.1, 0.15) is 86.2 Å². The standard InChI is InChI=1S/C53H57N9O10/c1-32-37(8-6-10-39(32)57-47(65)33-12-16-35(17-13-33)53(2,3)4)40-30-59(5)52(70)46(56-40)55-36-18-14-34(15-19-36)49(67)61-25-23-60(24-26-61)27-29-71-28-22-54-44(64)31-72-42-11-7-9-38-45(42)51(69)62(50(38)68)41-20-21-43(63)58-48(41)66/h6-19,30,41H,20-29,31H2,1-5H3,(H,54,64)(H,55,56)(H,57,65)(H,58,63,66). The van der Waals surface area contributed by atoms with E-state index < -0.39 is 42.2 Å². The lowest BCUT2D eigenvalue weighted by Crippen LogP contribution is -2.54. The van der Waals surface area contributed by atoms with Gasteiger partial charge in [-0.15, -0.1) is 0 Å². The van der Waals surface area contributed by atoms with Crippen LogP contribution < -0.4 is 31.6 Å². The Labute approximate surface area is 415 Å². The molecule has 0 bridgehead atoms. The minimum absolute atomic E-state index is 0.00305. The van der Waals surface area contributed by atoms with Gasteiger partial charge in [0.05, 0.1) is 30.0 Å². The van der Waals surface area contributed by atoms with Crippen LogP contribution in [0, 0.1) is 6.92 Å². The summed E-state index contributed by atoms with van der Waals surface area (Å²) >= 11 is 0. The second-order valence-corrected chi connectivity index (χ2v) is 18.9. The van der Waals surface area contributed by atoms with Crippen molar-refractivity contribution in [2.75, 3.05) is 69.7 Å². The van der Waals surface area contributed by atoms with Gasteiger partial charge in [-0.05, 0) is 84.5 Å². The fourth-order valence-electron chi connectivity index (χ4n) is 8.73. The third kappa shape index (κ3) is 11.3. The van der Waals surface area contributed by atoms with Crippen molar-refractivity contribution in [1.82, 2.24) is 34.9 Å². The number of hydrogen-bond donors (Lipinski definition) is 4. The van der Waals surface area contributed by atoms with E-state index in [-0.39, 0.29) is 71.5 Å². The van der Waals surface area contributed by atoms with E-state index in [1.807, 2.05) is 49.4 Å². The van der Waals surface area contributed by atoms with E-state index in [4.69, 9.17) is 14.5 Å². The van der Waals surface area contributed by atoms with Crippen LogP contribution in [0.15, 0.2) is 95.9 Å². The van der Waals surface area contributed by atoms with Gasteiger partial charge in [-0.2, -0.15) is 0 Å². The fourth-order valence-corrected chi connectivity index (χ4v) is 8.73. The highest BCUT2D eigenvalue weighted by atomic mass is 16.5. The Morgan fingerprint density at radius 3 is 2.22 bits per heavy atom. The van der Waals surface area contributed by atoms with Crippen LogP contribution in [0.5, 0.6) is 5.75 Å². The van der Waals surface area contributed by atoms with Gasteiger partial charge < -0.3 is 34.9 Å². The van der Waals surface area contributed by atoms with E-state index in [9.17, 15) is 38.4 Å². The number of hydrogen-bond acceptors (Lipinski definition) is 13. The Hall–Kier alpha value is -8.03. The number of amides is 7. The third-order valence-electron chi connectivity index (χ3n) is 12.9. The van der Waals surface area contributed by atoms with Crippen molar-refractivity contribution in [3.63, 3.8) is 0 Å². The average Bonchev–Trinajstić information content (AvgIpc) is 3.62. The molecule has 1 atom stereocenters. The van der Waals surface area contributed by atoms with E-state index >= 15 is 0 Å². The molecule has 0 spiro atoms. The summed E-state index contributed by atoms with van der Waals surface area (Å²) in [6, 6.07) is 23.3. The summed E-state index contributed by atoms with van der Waals surface area (Å²) in [6.07, 6.45) is 1.67. The molecule has 7 amide bonds. The molecule has 19 nitrogen and oxygen atoms in total. The molecule has 0 radical (unpaired) electrons. The van der Waals surface area contributed by atoms with E-state index in [1.165, 1.54) is 22.8 Å². The molecule has 0 saturated carbocycles. The number of rotatable bonds is 16. The predicted octanol–water partition coefficient (Wildman–Crippen LogP) is 4.42. The van der Waals surface area contributed by atoms with Gasteiger partial charge in [0.15, 0.2) is 12.4 Å². The van der Waals surface area contributed by atoms with Crippen LogP contribution >= 0.6 is 0 Å². The summed E-state index contributed by atoms with van der Waals surface area (Å²) in [5, 5.41) is 11.0. The molecule has 5 aromatic rings. The van der Waals surface area contributed by atoms with Crippen molar-refractivity contribution in [1.29, 1.82) is 0 Å². The quantitative estimate of drug-likeness (QED) is 0.0794. The highest BCUT2D eigenvalue weighted by Crippen LogP contribution is 2.34. The lowest BCUT2D eigenvalue weighted by atomic mass is 9.86. The van der Waals surface area contributed by atoms with Crippen molar-refractivity contribution >= 4 is 58.5 Å². The number of aryl methyl sites for hydroxylation is 1. The number of nitrogens with one attached hydrogen (secondary N) is 4. The average molecular weight is 980 g/mol. The molecule has 1 aromatic heterocycles. The molecule has 4 aromatic carbocycles. The first kappa shape index (κ1) is 50.4. The van der Waals surface area contributed by atoms with E-state index in [2.05, 4.69) is 46.9 Å². The molecule has 0 aliphatic carbocycles. The van der Waals surface area contributed by atoms with Crippen LogP contribution in [0.25, 0.3) is 11.3 Å². The number of imide groups is 2. The maximum atomic E-state index is 13.5. The predicted molar refractivity (Wildman–Crippen MR) is 267 cm³/mol. The van der Waals surface area contributed by atoms with E-state index in [0.29, 0.717) is 67.5 Å². The molecule has 4 heterocycles. The maximum absolute atomic E-state index is 13.5. The Bertz CT molecular complexity index is 2990. The van der Waals surface area contributed by atoms with Crippen LogP contribution in [-0.2, 0) is 31.6 Å². The molecule has 19 heteroatoms. The van der Waals surface area contributed by atoms with Crippen molar-refractivity contribution in [2.24, 2.45) is 7.05 Å². The van der Waals surface area contributed by atoms with Crippen LogP contribution in [0.4, 0.5) is 17.2 Å². The Balaban J connectivity index is 0.753. The normalized spacial score (nSPS) is 16.0. The SMILES string of the molecule is Cc1c(NC(=O)c2ccc(C(C)(C)C)cc2)cccc1-c1cn(C)c(=O)c(Nc2ccc(C(=O)N3CCN(CCOCCNC(=O)COc4cccc5c4C(=O)N(C4CCC(=O)NC4=O)C5=O)CC3)cc2)n1. The number of carbonyl (C=O) groups excluding carboxylic acids is 7. The highest BCUT2D eigenvalue weighted by molar-refractivity contribution is 6.24. The number of piperazine rings is 1. The summed E-state index contributed by atoms with van der Waals surface area (Å²) in [4.78, 5) is 112. The first-order valence-electron chi connectivity index (χ1n) is 23.8. The van der Waals surface area contributed by atoms with Crippen molar-refractivity contribution < 1.29 is 43.0 Å². The molecule has 4 N–H and O–H groups in total. The van der Waals surface area contributed by atoms with Crippen LogP contribution in [-0.4, -0.2) is 131 Å². The summed E-state index contributed by atoms with van der Waals surface area (Å²) in [5.74, 6) is -3.26. The Kier molecular flexibility index (Phi) is 15.1. The molecule has 2 fully saturated rings. The van der Waals surface area contributed by atoms with Crippen LogP contribution in [0.3, 0.4) is 0 Å². The number of fused-ring (bicyclic) bond motifs is 1. The molecular formula is C53H57N9O10. The van der Waals surface area contributed by atoms with Gasteiger partial charge in [-0.25, -0.2) is 4.98 Å². The van der Waals surface area contributed by atoms with Crippen molar-refractivity contribution in [3.8, 4) is 17.0 Å². The zero-order valence-electron chi connectivity index (χ0n) is 40.8. The largest absolute Gasteiger partial charge is 0.483 e. The van der Waals surface area contributed by atoms with Gasteiger partial charge >= 0.3 is 0 Å². The van der Waals surface area contributed by atoms with Gasteiger partial charge in [-0.1, -0.05) is 51.1 Å². The molecule has 2 saturated heterocycles. The van der Waals surface area contributed by atoms with E-state index in [1.54, 1.807) is 42.4 Å². The van der Waals surface area contributed by atoms with Gasteiger partial charge in [0.2, 0.25) is 11.8 Å². The van der Waals surface area contributed by atoms with Gasteiger partial charge in [0, 0.05) is 87.0 Å². The number of aromatic nitrogens is 2. The summed E-state index contributed by atoms with van der Waals surface area (Å²) < 4.78 is 12.8. The number of piperidine rings is 1. The summed E-state index contributed by atoms with van der Waals surface area (Å²) in [6.45, 7) is 11.7.